The van der Waals surface area contributed by atoms with Gasteiger partial charge in [0.1, 0.15) is 6.61 Å². The van der Waals surface area contributed by atoms with E-state index >= 15 is 0 Å². The Hall–Kier alpha value is -1.59. The second kappa shape index (κ2) is 41.2. The molecule has 1 unspecified atom stereocenters. The highest BCUT2D eigenvalue weighted by Gasteiger charge is 2.26. The van der Waals surface area contributed by atoms with Gasteiger partial charge in [0.25, 0.3) is 0 Å². The number of phosphoric ester groups is 1. The molecule has 0 aromatic rings. The first-order valence-corrected chi connectivity index (χ1v) is 24.5. The van der Waals surface area contributed by atoms with Gasteiger partial charge in [-0.2, -0.15) is 0 Å². The van der Waals surface area contributed by atoms with Crippen LogP contribution in [-0.4, -0.2) is 71.7 Å². The van der Waals surface area contributed by atoms with E-state index in [0.717, 1.165) is 57.8 Å². The third-order valence-electron chi connectivity index (χ3n) is 10.0. The lowest BCUT2D eigenvalue weighted by atomic mass is 10.0. The molecule has 0 rings (SSSR count). The molecule has 0 amide bonds. The maximum absolute atomic E-state index is 12.6. The Morgan fingerprint density at radius 3 is 1.60 bits per heavy atom. The molecule has 11 nitrogen and oxygen atoms in total. The van der Waals surface area contributed by atoms with Crippen molar-refractivity contribution in [3.05, 3.63) is 24.3 Å². The van der Waals surface area contributed by atoms with E-state index in [1.54, 1.807) is 0 Å². The summed E-state index contributed by atoms with van der Waals surface area (Å²) < 4.78 is 32.7. The SMILES string of the molecule is CCCCC/C=C\C[C@H](O)[C@@H](O)CCCCCCCC(=O)O[C@H](COC(=O)CCCCCCCCCCC/C=C\CCCCCCCC)COP(=O)(O)OCCN. The van der Waals surface area contributed by atoms with E-state index in [2.05, 4.69) is 32.1 Å². The lowest BCUT2D eigenvalue weighted by Crippen LogP contribution is -2.29. The van der Waals surface area contributed by atoms with Crippen LogP contribution in [0.3, 0.4) is 0 Å². The number of ether oxygens (including phenoxy) is 2. The molecule has 0 saturated carbocycles. The van der Waals surface area contributed by atoms with Crippen molar-refractivity contribution in [2.45, 2.75) is 225 Å². The van der Waals surface area contributed by atoms with Crippen LogP contribution in [0.2, 0.25) is 0 Å². The van der Waals surface area contributed by atoms with Crippen LogP contribution in [0, 0.1) is 0 Å². The predicted octanol–water partition coefficient (Wildman–Crippen LogP) is 11.1. The fourth-order valence-electron chi connectivity index (χ4n) is 6.42. The number of nitrogens with two attached hydrogens (primary N) is 1. The summed E-state index contributed by atoms with van der Waals surface area (Å²) in [5.74, 6) is -0.938. The van der Waals surface area contributed by atoms with E-state index in [9.17, 15) is 29.3 Å². The van der Waals surface area contributed by atoms with E-state index in [-0.39, 0.29) is 32.6 Å². The topological polar surface area (TPSA) is 175 Å². The molecule has 0 aliphatic heterocycles. The monoisotopic (exact) mass is 832 g/mol. The first-order valence-electron chi connectivity index (χ1n) is 23.0. The van der Waals surface area contributed by atoms with E-state index in [4.69, 9.17) is 24.3 Å². The number of phosphoric acid groups is 1. The lowest BCUT2D eigenvalue weighted by Gasteiger charge is -2.20. The minimum absolute atomic E-state index is 0.0286. The summed E-state index contributed by atoms with van der Waals surface area (Å²) in [5.41, 5.74) is 5.34. The summed E-state index contributed by atoms with van der Waals surface area (Å²) in [7, 11) is -4.42. The molecule has 4 atom stereocenters. The lowest BCUT2D eigenvalue weighted by molar-refractivity contribution is -0.161. The van der Waals surface area contributed by atoms with Crippen LogP contribution in [0.4, 0.5) is 0 Å². The van der Waals surface area contributed by atoms with Crippen molar-refractivity contribution >= 4 is 19.8 Å². The third kappa shape index (κ3) is 39.6. The fourth-order valence-corrected chi connectivity index (χ4v) is 7.18. The number of carbonyl (C=O) groups is 2. The Kier molecular flexibility index (Phi) is 40.0. The van der Waals surface area contributed by atoms with Crippen molar-refractivity contribution in [1.29, 1.82) is 0 Å². The van der Waals surface area contributed by atoms with Crippen molar-refractivity contribution in [3.63, 3.8) is 0 Å². The number of rotatable bonds is 43. The van der Waals surface area contributed by atoms with Gasteiger partial charge in [0.15, 0.2) is 6.10 Å². The Labute approximate surface area is 347 Å². The minimum atomic E-state index is -4.42. The highest BCUT2D eigenvalue weighted by Crippen LogP contribution is 2.43. The quantitative estimate of drug-likeness (QED) is 0.0199. The molecule has 57 heavy (non-hydrogen) atoms. The van der Waals surface area contributed by atoms with Crippen molar-refractivity contribution in [2.75, 3.05) is 26.4 Å². The van der Waals surface area contributed by atoms with Gasteiger partial charge in [0, 0.05) is 19.4 Å². The summed E-state index contributed by atoms with van der Waals surface area (Å²) >= 11 is 0. The van der Waals surface area contributed by atoms with Gasteiger partial charge in [-0.1, -0.05) is 154 Å². The van der Waals surface area contributed by atoms with Gasteiger partial charge in [-0.15, -0.1) is 0 Å². The Morgan fingerprint density at radius 2 is 1.04 bits per heavy atom. The molecule has 0 spiro atoms. The number of unbranched alkanes of at least 4 members (excludes halogenated alkanes) is 22. The molecule has 0 heterocycles. The Balaban J connectivity index is 4.21. The summed E-state index contributed by atoms with van der Waals surface area (Å²) in [6.07, 6.45) is 36.6. The van der Waals surface area contributed by atoms with Gasteiger partial charge in [0.2, 0.25) is 0 Å². The summed E-state index contributed by atoms with van der Waals surface area (Å²) in [4.78, 5) is 34.9. The molecule has 12 heteroatoms. The second-order valence-corrected chi connectivity index (χ2v) is 17.0. The smallest absolute Gasteiger partial charge is 0.462 e. The van der Waals surface area contributed by atoms with Crippen molar-refractivity contribution in [1.82, 2.24) is 0 Å². The number of carbonyl (C=O) groups excluding carboxylic acids is 2. The molecular formula is C45H86NO10P. The summed E-state index contributed by atoms with van der Waals surface area (Å²) in [6, 6.07) is 0. The molecule has 0 bridgehead atoms. The third-order valence-corrected chi connectivity index (χ3v) is 11.0. The second-order valence-electron chi connectivity index (χ2n) is 15.6. The number of hydrogen-bond acceptors (Lipinski definition) is 10. The average molecular weight is 832 g/mol. The van der Waals surface area contributed by atoms with Crippen molar-refractivity contribution in [3.8, 4) is 0 Å². The van der Waals surface area contributed by atoms with E-state index in [1.165, 1.54) is 96.3 Å². The van der Waals surface area contributed by atoms with Gasteiger partial charge in [-0.3, -0.25) is 18.6 Å². The van der Waals surface area contributed by atoms with Gasteiger partial charge in [-0.25, -0.2) is 4.57 Å². The molecule has 0 radical (unpaired) electrons. The molecule has 0 aliphatic rings. The number of aliphatic hydroxyl groups excluding tert-OH is 2. The maximum atomic E-state index is 12.6. The Morgan fingerprint density at radius 1 is 0.579 bits per heavy atom. The van der Waals surface area contributed by atoms with Gasteiger partial charge in [0.05, 0.1) is 25.4 Å². The molecule has 0 aromatic heterocycles. The van der Waals surface area contributed by atoms with Crippen LogP contribution >= 0.6 is 7.82 Å². The van der Waals surface area contributed by atoms with Crippen LogP contribution in [0.15, 0.2) is 24.3 Å². The van der Waals surface area contributed by atoms with Crippen LogP contribution in [0.25, 0.3) is 0 Å². The van der Waals surface area contributed by atoms with Crippen LogP contribution in [-0.2, 0) is 32.7 Å². The predicted molar refractivity (Wildman–Crippen MR) is 232 cm³/mol. The summed E-state index contributed by atoms with van der Waals surface area (Å²) in [6.45, 7) is 3.50. The van der Waals surface area contributed by atoms with Gasteiger partial charge >= 0.3 is 19.8 Å². The number of aliphatic hydroxyl groups is 2. The van der Waals surface area contributed by atoms with Crippen LogP contribution < -0.4 is 5.73 Å². The molecule has 336 valence electrons. The minimum Gasteiger partial charge on any atom is -0.462 e. The van der Waals surface area contributed by atoms with Crippen LogP contribution in [0.1, 0.15) is 206 Å². The van der Waals surface area contributed by atoms with Crippen molar-refractivity contribution in [2.24, 2.45) is 5.73 Å². The van der Waals surface area contributed by atoms with Gasteiger partial charge in [-0.05, 0) is 64.2 Å². The molecule has 0 aromatic carbocycles. The molecular weight excluding hydrogens is 745 g/mol. The van der Waals surface area contributed by atoms with E-state index in [1.807, 2.05) is 6.08 Å². The normalized spacial score (nSPS) is 14.6. The van der Waals surface area contributed by atoms with Crippen molar-refractivity contribution < 1.29 is 47.8 Å². The molecule has 0 aliphatic carbocycles. The first-order chi connectivity index (χ1) is 27.6. The largest absolute Gasteiger partial charge is 0.472 e. The molecule has 0 fully saturated rings. The molecule has 0 saturated heterocycles. The maximum Gasteiger partial charge on any atom is 0.472 e. The number of allylic oxidation sites excluding steroid dienone is 3. The zero-order valence-corrected chi connectivity index (χ0v) is 37.2. The van der Waals surface area contributed by atoms with E-state index < -0.39 is 44.7 Å². The average Bonchev–Trinajstić information content (AvgIpc) is 3.19. The van der Waals surface area contributed by atoms with Gasteiger partial charge < -0.3 is 30.3 Å². The zero-order chi connectivity index (χ0) is 42.1. The highest BCUT2D eigenvalue weighted by atomic mass is 31.2. The first kappa shape index (κ1) is 55.4. The standard InChI is InChI=1S/C45H86NO10P/c1-3-5-7-9-11-12-13-14-15-16-17-18-19-20-21-22-23-27-31-35-44(49)53-39-41(40-55-57(51,52)54-38-37-46)56-45(50)36-32-28-24-26-30-34-43(48)42(47)33-29-25-10-8-6-4-2/h14-15,25,29,41-43,47-48H,3-13,16-24,26-28,30-40,46H2,1-2H3,(H,51,52)/b15-14-,29-25-/t41-,42+,43+/m1/s1. The number of hydrogen-bond donors (Lipinski definition) is 4. The van der Waals surface area contributed by atoms with E-state index in [0.29, 0.717) is 25.7 Å². The Bertz CT molecular complexity index is 1030. The fraction of sp³-hybridized carbons (Fsp3) is 0.867. The number of esters is 2. The zero-order valence-electron chi connectivity index (χ0n) is 36.3. The summed E-state index contributed by atoms with van der Waals surface area (Å²) in [5, 5.41) is 20.4. The van der Waals surface area contributed by atoms with Crippen LogP contribution in [0.5, 0.6) is 0 Å². The molecule has 5 N–H and O–H groups in total. The highest BCUT2D eigenvalue weighted by molar-refractivity contribution is 7.47.